The number of carbonyl (C=O) groups excluding carboxylic acids is 3. The van der Waals surface area contributed by atoms with E-state index < -0.39 is 23.0 Å². The summed E-state index contributed by atoms with van der Waals surface area (Å²) in [6, 6.07) is 7.41. The van der Waals surface area contributed by atoms with E-state index >= 15 is 0 Å². The number of hydrogen-bond donors (Lipinski definition) is 2. The first kappa shape index (κ1) is 27.0. The van der Waals surface area contributed by atoms with Crippen LogP contribution in [0.25, 0.3) is 11.1 Å². The van der Waals surface area contributed by atoms with Gasteiger partial charge < -0.3 is 15.0 Å². The Morgan fingerprint density at radius 1 is 1.05 bits per heavy atom. The maximum Gasteiger partial charge on any atom is 0.339 e. The number of nitrogens with one attached hydrogen (secondary N) is 1. The van der Waals surface area contributed by atoms with Crippen molar-refractivity contribution in [3.05, 3.63) is 73.3 Å². The Morgan fingerprint density at radius 2 is 1.79 bits per heavy atom. The van der Waals surface area contributed by atoms with E-state index in [1.54, 1.807) is 12.1 Å². The van der Waals surface area contributed by atoms with Gasteiger partial charge in [-0.3, -0.25) is 19.3 Å². The molecule has 0 bridgehead atoms. The van der Waals surface area contributed by atoms with Crippen molar-refractivity contribution in [3.8, 4) is 5.00 Å². The third-order valence-corrected chi connectivity index (χ3v) is 9.48. The van der Waals surface area contributed by atoms with Gasteiger partial charge in [0.1, 0.15) is 11.5 Å². The molecular formula is C29H29N3O5S2. The fourth-order valence-corrected chi connectivity index (χ4v) is 7.44. The highest BCUT2D eigenvalue weighted by Crippen LogP contribution is 2.40. The number of rotatable bonds is 6. The highest BCUT2D eigenvalue weighted by Gasteiger charge is 2.37. The average Bonchev–Trinajstić information content (AvgIpc) is 3.48. The molecule has 202 valence electrons. The van der Waals surface area contributed by atoms with Crippen LogP contribution < -0.4 is 5.32 Å². The van der Waals surface area contributed by atoms with Crippen molar-refractivity contribution in [1.82, 2.24) is 9.47 Å². The minimum Gasteiger partial charge on any atom is -0.478 e. The van der Waals surface area contributed by atoms with Gasteiger partial charge in [-0.05, 0) is 112 Å². The lowest BCUT2D eigenvalue weighted by atomic mass is 9.95. The number of benzene rings is 1. The molecule has 3 amide bonds. The van der Waals surface area contributed by atoms with Crippen LogP contribution in [-0.4, -0.2) is 44.1 Å². The number of aryl methyl sites for hydroxylation is 4. The normalized spacial score (nSPS) is 16.2. The molecular weight excluding hydrogens is 534 g/mol. The molecule has 0 spiro atoms. The summed E-state index contributed by atoms with van der Waals surface area (Å²) in [4.78, 5) is 52.9. The number of carboxylic acid groups (broad SMARTS) is 1. The van der Waals surface area contributed by atoms with Gasteiger partial charge in [-0.25, -0.2) is 4.79 Å². The number of thiophene rings is 1. The average molecular weight is 564 g/mol. The molecule has 0 unspecified atom stereocenters. The van der Waals surface area contributed by atoms with Crippen LogP contribution in [0.2, 0.25) is 0 Å². The molecule has 1 aliphatic carbocycles. The fourth-order valence-electron chi connectivity index (χ4n) is 5.12. The van der Waals surface area contributed by atoms with Crippen molar-refractivity contribution in [2.45, 2.75) is 53.4 Å². The van der Waals surface area contributed by atoms with Crippen LogP contribution in [0.1, 0.15) is 61.7 Å². The highest BCUT2D eigenvalue weighted by molar-refractivity contribution is 8.18. The number of aromatic nitrogens is 1. The molecule has 3 heterocycles. The summed E-state index contributed by atoms with van der Waals surface area (Å²) in [7, 11) is 0. The smallest absolute Gasteiger partial charge is 0.339 e. The summed E-state index contributed by atoms with van der Waals surface area (Å²) in [5, 5.41) is 13.0. The quantitative estimate of drug-likeness (QED) is 0.355. The number of carboxylic acids is 1. The number of anilines is 1. The van der Waals surface area contributed by atoms with Gasteiger partial charge in [0.15, 0.2) is 0 Å². The maximum absolute atomic E-state index is 13.1. The van der Waals surface area contributed by atoms with Crippen molar-refractivity contribution >= 4 is 57.9 Å². The molecule has 3 aromatic rings. The van der Waals surface area contributed by atoms with E-state index in [0.717, 1.165) is 80.9 Å². The zero-order valence-electron chi connectivity index (χ0n) is 22.2. The third kappa shape index (κ3) is 5.06. The summed E-state index contributed by atoms with van der Waals surface area (Å²) >= 11 is 2.32. The molecule has 0 atom stereocenters. The number of fused-ring (bicyclic) bond motifs is 1. The number of carbonyl (C=O) groups is 4. The van der Waals surface area contributed by atoms with Crippen LogP contribution in [0.3, 0.4) is 0 Å². The van der Waals surface area contributed by atoms with Crippen molar-refractivity contribution in [2.75, 3.05) is 11.9 Å². The van der Waals surface area contributed by atoms with E-state index in [-0.39, 0.29) is 11.4 Å². The second-order valence-corrected chi connectivity index (χ2v) is 12.0. The van der Waals surface area contributed by atoms with Crippen molar-refractivity contribution in [1.29, 1.82) is 0 Å². The zero-order chi connectivity index (χ0) is 28.0. The van der Waals surface area contributed by atoms with Crippen molar-refractivity contribution < 1.29 is 24.3 Å². The lowest BCUT2D eigenvalue weighted by molar-refractivity contribution is -0.127. The van der Waals surface area contributed by atoms with Gasteiger partial charge in [-0.2, -0.15) is 0 Å². The van der Waals surface area contributed by atoms with Gasteiger partial charge in [0.2, 0.25) is 5.91 Å². The van der Waals surface area contributed by atoms with Crippen LogP contribution >= 0.6 is 23.1 Å². The lowest BCUT2D eigenvalue weighted by Crippen LogP contribution is -2.36. The van der Waals surface area contributed by atoms with E-state index in [0.29, 0.717) is 16.3 Å². The van der Waals surface area contributed by atoms with E-state index in [1.165, 1.54) is 11.3 Å². The molecule has 2 aliphatic rings. The number of nitrogens with zero attached hydrogens (tertiary/aromatic N) is 2. The van der Waals surface area contributed by atoms with E-state index in [1.807, 2.05) is 50.5 Å². The second-order valence-electron chi connectivity index (χ2n) is 9.97. The molecule has 8 nitrogen and oxygen atoms in total. The van der Waals surface area contributed by atoms with Gasteiger partial charge in [0.25, 0.3) is 11.1 Å². The topological polar surface area (TPSA) is 109 Å². The van der Waals surface area contributed by atoms with Crippen LogP contribution in [0.5, 0.6) is 0 Å². The Hall–Kier alpha value is -3.63. The predicted molar refractivity (Wildman–Crippen MR) is 154 cm³/mol. The summed E-state index contributed by atoms with van der Waals surface area (Å²) in [5.41, 5.74) is 6.37. The van der Waals surface area contributed by atoms with Gasteiger partial charge in [0.05, 0.1) is 10.5 Å². The summed E-state index contributed by atoms with van der Waals surface area (Å²) in [5.74, 6) is -1.91. The van der Waals surface area contributed by atoms with E-state index in [9.17, 15) is 24.3 Å². The molecule has 2 aromatic heterocycles. The third-order valence-electron chi connectivity index (χ3n) is 7.29. The molecule has 10 heteroatoms. The minimum absolute atomic E-state index is 0.225. The Kier molecular flexibility index (Phi) is 7.26. The zero-order valence-corrected chi connectivity index (χ0v) is 23.8. The first-order valence-electron chi connectivity index (χ1n) is 12.7. The summed E-state index contributed by atoms with van der Waals surface area (Å²) < 4.78 is 1.93. The van der Waals surface area contributed by atoms with Gasteiger partial charge in [0, 0.05) is 22.0 Å². The largest absolute Gasteiger partial charge is 0.478 e. The van der Waals surface area contributed by atoms with Gasteiger partial charge >= 0.3 is 5.97 Å². The summed E-state index contributed by atoms with van der Waals surface area (Å²) in [6.07, 6.45) is 5.34. The van der Waals surface area contributed by atoms with Gasteiger partial charge in [-0.15, -0.1) is 11.3 Å². The number of aromatic carboxylic acids is 1. The maximum atomic E-state index is 13.1. The first-order chi connectivity index (χ1) is 18.5. The molecule has 0 radical (unpaired) electrons. The molecule has 1 fully saturated rings. The minimum atomic E-state index is -0.932. The SMILES string of the molecule is Cc1ccc(NC(=O)CN2C(=O)S/C(=C\c3cc(C)n(-c4sc5c(c4C(=O)O)CCCC5)c3C)C2=O)cc1C. The molecule has 1 saturated heterocycles. The number of amides is 3. The fraction of sp³-hybridized carbons (Fsp3) is 0.310. The predicted octanol–water partition coefficient (Wildman–Crippen LogP) is 6.02. The molecule has 5 rings (SSSR count). The number of imide groups is 1. The summed E-state index contributed by atoms with van der Waals surface area (Å²) in [6.45, 7) is 7.32. The Bertz CT molecular complexity index is 1580. The van der Waals surface area contributed by atoms with Gasteiger partial charge in [-0.1, -0.05) is 6.07 Å². The molecule has 39 heavy (non-hydrogen) atoms. The van der Waals surface area contributed by atoms with E-state index in [2.05, 4.69) is 5.32 Å². The van der Waals surface area contributed by atoms with Crippen LogP contribution in [0.4, 0.5) is 10.5 Å². The molecule has 1 aliphatic heterocycles. The molecule has 1 aromatic carbocycles. The Morgan fingerprint density at radius 3 is 2.51 bits per heavy atom. The molecule has 0 saturated carbocycles. The second kappa shape index (κ2) is 10.5. The van der Waals surface area contributed by atoms with E-state index in [4.69, 9.17) is 0 Å². The number of hydrogen-bond acceptors (Lipinski definition) is 6. The monoisotopic (exact) mass is 563 g/mol. The molecule has 2 N–H and O–H groups in total. The Labute approximate surface area is 234 Å². The van der Waals surface area contributed by atoms with Crippen molar-refractivity contribution in [2.24, 2.45) is 0 Å². The number of thioether (sulfide) groups is 1. The first-order valence-corrected chi connectivity index (χ1v) is 14.4. The highest BCUT2D eigenvalue weighted by atomic mass is 32.2. The lowest BCUT2D eigenvalue weighted by Gasteiger charge is -2.13. The van der Waals surface area contributed by atoms with Crippen LogP contribution in [-0.2, 0) is 22.4 Å². The Balaban J connectivity index is 1.39. The van der Waals surface area contributed by atoms with Crippen LogP contribution in [0.15, 0.2) is 29.2 Å². The standard InChI is InChI=1S/C29H29N3O5S2/c1-15-9-10-20(11-16(15)2)30-24(33)14-31-26(34)23(39-29(31)37)13-19-12-17(3)32(18(19)4)27-25(28(35)36)21-7-5-6-8-22(21)38-27/h9-13H,5-8,14H2,1-4H3,(H,30,33)(H,35,36)/b23-13-. The van der Waals surface area contributed by atoms with Crippen LogP contribution in [0, 0.1) is 27.7 Å². The van der Waals surface area contributed by atoms with Crippen molar-refractivity contribution in [3.63, 3.8) is 0 Å².